The molecule has 1 fully saturated rings. The van der Waals surface area contributed by atoms with E-state index >= 15 is 0 Å². The summed E-state index contributed by atoms with van der Waals surface area (Å²) in [5.41, 5.74) is 4.33. The van der Waals surface area contributed by atoms with Crippen molar-refractivity contribution >= 4 is 28.9 Å². The molecule has 0 bridgehead atoms. The Bertz CT molecular complexity index is 810. The van der Waals surface area contributed by atoms with Crippen LogP contribution in [-0.2, 0) is 11.2 Å². The number of amides is 2. The normalized spacial score (nSPS) is 15.7. The minimum Gasteiger partial charge on any atom is -0.385 e. The fourth-order valence-electron chi connectivity index (χ4n) is 3.15. The van der Waals surface area contributed by atoms with E-state index in [0.29, 0.717) is 0 Å². The Morgan fingerprint density at radius 1 is 0.960 bits per heavy atom. The molecule has 1 saturated carbocycles. The van der Waals surface area contributed by atoms with Gasteiger partial charge >= 0.3 is 0 Å². The maximum atomic E-state index is 12.6. The molecule has 0 saturated heterocycles. The van der Waals surface area contributed by atoms with Gasteiger partial charge in [-0.05, 0) is 67.6 Å². The van der Waals surface area contributed by atoms with Crippen molar-refractivity contribution in [2.45, 2.75) is 25.7 Å². The van der Waals surface area contributed by atoms with Crippen molar-refractivity contribution in [3.63, 3.8) is 0 Å². The number of fused-ring (bicyclic) bond motifs is 1. The second kappa shape index (κ2) is 6.59. The van der Waals surface area contributed by atoms with Gasteiger partial charge in [0.2, 0.25) is 5.91 Å². The predicted octanol–water partition coefficient (Wildman–Crippen LogP) is 3.65. The van der Waals surface area contributed by atoms with Gasteiger partial charge in [0.15, 0.2) is 0 Å². The highest BCUT2D eigenvalue weighted by molar-refractivity contribution is 6.06. The fourth-order valence-corrected chi connectivity index (χ4v) is 3.15. The smallest absolute Gasteiger partial charge is 0.256 e. The average Bonchev–Trinajstić information content (AvgIpc) is 3.48. The van der Waals surface area contributed by atoms with Crippen LogP contribution in [0.25, 0.3) is 0 Å². The summed E-state index contributed by atoms with van der Waals surface area (Å²) in [4.78, 5) is 24.4. The van der Waals surface area contributed by atoms with E-state index in [4.69, 9.17) is 0 Å². The van der Waals surface area contributed by atoms with Crippen molar-refractivity contribution in [2.24, 2.45) is 5.92 Å². The number of anilines is 3. The zero-order valence-electron chi connectivity index (χ0n) is 14.0. The molecule has 2 aliphatic rings. The van der Waals surface area contributed by atoms with Crippen molar-refractivity contribution in [3.05, 3.63) is 53.6 Å². The largest absolute Gasteiger partial charge is 0.385 e. The maximum Gasteiger partial charge on any atom is 0.256 e. The summed E-state index contributed by atoms with van der Waals surface area (Å²) in [7, 11) is 0. The molecule has 0 radical (unpaired) electrons. The molecule has 5 nitrogen and oxygen atoms in total. The minimum absolute atomic E-state index is 0.0835. The number of benzene rings is 2. The Morgan fingerprint density at radius 3 is 2.40 bits per heavy atom. The molecule has 25 heavy (non-hydrogen) atoms. The molecule has 5 heteroatoms. The molecule has 2 aromatic carbocycles. The third-order valence-corrected chi connectivity index (χ3v) is 4.70. The van der Waals surface area contributed by atoms with Gasteiger partial charge in [0, 0.05) is 35.1 Å². The van der Waals surface area contributed by atoms with Crippen LogP contribution in [0.2, 0.25) is 0 Å². The summed E-state index contributed by atoms with van der Waals surface area (Å²) in [6.07, 6.45) is 3.91. The number of rotatable bonds is 4. The molecule has 4 rings (SSSR count). The molecule has 1 heterocycles. The molecule has 1 aliphatic carbocycles. The highest BCUT2D eigenvalue weighted by atomic mass is 16.2. The van der Waals surface area contributed by atoms with Gasteiger partial charge < -0.3 is 16.0 Å². The first kappa shape index (κ1) is 15.7. The van der Waals surface area contributed by atoms with Crippen LogP contribution in [0.1, 0.15) is 35.2 Å². The van der Waals surface area contributed by atoms with Gasteiger partial charge in [0.05, 0.1) is 0 Å². The van der Waals surface area contributed by atoms with Crippen LogP contribution in [0, 0.1) is 5.92 Å². The van der Waals surface area contributed by atoms with E-state index in [2.05, 4.69) is 16.0 Å². The number of hydrogen-bond donors (Lipinski definition) is 3. The molecule has 128 valence electrons. The van der Waals surface area contributed by atoms with Gasteiger partial charge in [-0.1, -0.05) is 6.07 Å². The quantitative estimate of drug-likeness (QED) is 0.799. The van der Waals surface area contributed by atoms with Crippen molar-refractivity contribution in [3.8, 4) is 0 Å². The number of carbonyl (C=O) groups is 2. The van der Waals surface area contributed by atoms with Gasteiger partial charge in [-0.25, -0.2) is 0 Å². The van der Waals surface area contributed by atoms with E-state index < -0.39 is 0 Å². The van der Waals surface area contributed by atoms with Gasteiger partial charge in [0.1, 0.15) is 0 Å². The third kappa shape index (κ3) is 3.50. The molecule has 1 aliphatic heterocycles. The molecule has 0 spiro atoms. The average molecular weight is 335 g/mol. The number of carbonyl (C=O) groups excluding carboxylic acids is 2. The van der Waals surface area contributed by atoms with E-state index in [-0.39, 0.29) is 17.7 Å². The highest BCUT2D eigenvalue weighted by Gasteiger charge is 2.29. The SMILES string of the molecule is O=C(Nc1ccc(NC(=O)C2CC2)cc1)c1cccc2c1CCCN2. The van der Waals surface area contributed by atoms with Crippen LogP contribution in [0.15, 0.2) is 42.5 Å². The number of nitrogens with one attached hydrogen (secondary N) is 3. The van der Waals surface area contributed by atoms with Gasteiger partial charge in [-0.2, -0.15) is 0 Å². The zero-order valence-corrected chi connectivity index (χ0v) is 14.0. The first-order chi connectivity index (χ1) is 12.2. The summed E-state index contributed by atoms with van der Waals surface area (Å²) < 4.78 is 0. The van der Waals surface area contributed by atoms with E-state index in [9.17, 15) is 9.59 Å². The maximum absolute atomic E-state index is 12.6. The fraction of sp³-hybridized carbons (Fsp3) is 0.300. The Hall–Kier alpha value is -2.82. The summed E-state index contributed by atoms with van der Waals surface area (Å²) in [5.74, 6) is 0.160. The predicted molar refractivity (Wildman–Crippen MR) is 99.0 cm³/mol. The van der Waals surface area contributed by atoms with Crippen LogP contribution >= 0.6 is 0 Å². The minimum atomic E-state index is -0.102. The van der Waals surface area contributed by atoms with E-state index in [1.165, 1.54) is 0 Å². The molecule has 2 amide bonds. The molecule has 0 atom stereocenters. The van der Waals surface area contributed by atoms with Gasteiger partial charge in [-0.15, -0.1) is 0 Å². The van der Waals surface area contributed by atoms with E-state index in [1.54, 1.807) is 0 Å². The van der Waals surface area contributed by atoms with Crippen molar-refractivity contribution in [1.82, 2.24) is 0 Å². The summed E-state index contributed by atoms with van der Waals surface area (Å²) >= 11 is 0. The van der Waals surface area contributed by atoms with Crippen LogP contribution in [0.5, 0.6) is 0 Å². The Labute approximate surface area is 146 Å². The molecular formula is C20H21N3O2. The molecular weight excluding hydrogens is 314 g/mol. The zero-order chi connectivity index (χ0) is 17.2. The van der Waals surface area contributed by atoms with E-state index in [1.807, 2.05) is 42.5 Å². The Morgan fingerprint density at radius 2 is 1.68 bits per heavy atom. The molecule has 3 N–H and O–H groups in total. The lowest BCUT2D eigenvalue weighted by atomic mass is 9.97. The highest BCUT2D eigenvalue weighted by Crippen LogP contribution is 2.30. The second-order valence-corrected chi connectivity index (χ2v) is 6.66. The van der Waals surface area contributed by atoms with Crippen molar-refractivity contribution in [2.75, 3.05) is 22.5 Å². The lowest BCUT2D eigenvalue weighted by Crippen LogP contribution is -2.19. The van der Waals surface area contributed by atoms with Crippen molar-refractivity contribution in [1.29, 1.82) is 0 Å². The lowest BCUT2D eigenvalue weighted by molar-refractivity contribution is -0.117. The first-order valence-corrected chi connectivity index (χ1v) is 8.79. The summed E-state index contributed by atoms with van der Waals surface area (Å²) in [5, 5.41) is 9.18. The number of hydrogen-bond acceptors (Lipinski definition) is 3. The molecule has 2 aromatic rings. The molecule has 0 unspecified atom stereocenters. The van der Waals surface area contributed by atoms with Gasteiger partial charge in [-0.3, -0.25) is 9.59 Å². The van der Waals surface area contributed by atoms with Gasteiger partial charge in [0.25, 0.3) is 5.91 Å². The Balaban J connectivity index is 1.45. The van der Waals surface area contributed by atoms with E-state index in [0.717, 1.165) is 60.4 Å². The monoisotopic (exact) mass is 335 g/mol. The third-order valence-electron chi connectivity index (χ3n) is 4.70. The standard InChI is InChI=1S/C20H21N3O2/c24-19(13-6-7-13)22-14-8-10-15(11-9-14)23-20(25)17-3-1-5-18-16(17)4-2-12-21-18/h1,3,5,8-11,13,21H,2,4,6-7,12H2,(H,22,24)(H,23,25). The van der Waals surface area contributed by atoms with Crippen molar-refractivity contribution < 1.29 is 9.59 Å². The summed E-state index contributed by atoms with van der Waals surface area (Å²) in [6, 6.07) is 13.1. The second-order valence-electron chi connectivity index (χ2n) is 6.66. The summed E-state index contributed by atoms with van der Waals surface area (Å²) in [6.45, 7) is 0.951. The van der Waals surface area contributed by atoms with Crippen LogP contribution < -0.4 is 16.0 Å². The van der Waals surface area contributed by atoms with Crippen LogP contribution in [0.4, 0.5) is 17.1 Å². The lowest BCUT2D eigenvalue weighted by Gasteiger charge is -2.20. The molecule has 0 aromatic heterocycles. The van der Waals surface area contributed by atoms with Crippen LogP contribution in [-0.4, -0.2) is 18.4 Å². The topological polar surface area (TPSA) is 70.2 Å². The van der Waals surface area contributed by atoms with Crippen LogP contribution in [0.3, 0.4) is 0 Å². The first-order valence-electron chi connectivity index (χ1n) is 8.79. The Kier molecular flexibility index (Phi) is 4.14.